The van der Waals surface area contributed by atoms with Crippen molar-refractivity contribution in [2.45, 2.75) is 25.7 Å². The average molecular weight is 432 g/mol. The van der Waals surface area contributed by atoms with Crippen molar-refractivity contribution in [1.29, 1.82) is 0 Å². The highest BCUT2D eigenvalue weighted by Gasteiger charge is 2.18. The minimum atomic E-state index is -3.09. The largest absolute Gasteiger partial charge is 0.366 e. The van der Waals surface area contributed by atoms with Crippen LogP contribution in [0.4, 0.5) is 24.5 Å². The van der Waals surface area contributed by atoms with E-state index in [1.165, 1.54) is 6.07 Å². The van der Waals surface area contributed by atoms with Crippen molar-refractivity contribution >= 4 is 39.0 Å². The Morgan fingerprint density at radius 2 is 1.75 bits per heavy atom. The fourth-order valence-corrected chi connectivity index (χ4v) is 4.49. The van der Waals surface area contributed by atoms with Crippen LogP contribution in [0.1, 0.15) is 19.4 Å². The molecule has 0 N–H and O–H groups in total. The molecule has 0 aliphatic carbocycles. The van der Waals surface area contributed by atoms with Crippen LogP contribution < -0.4 is 0 Å². The van der Waals surface area contributed by atoms with Crippen molar-refractivity contribution in [1.82, 2.24) is 4.90 Å². The van der Waals surface area contributed by atoms with E-state index in [1.807, 2.05) is 18.9 Å². The molecule has 152 valence electrons. The first-order chi connectivity index (χ1) is 13.1. The lowest BCUT2D eigenvalue weighted by Crippen LogP contribution is -2.14. The molecule has 0 aliphatic rings. The quantitative estimate of drug-likeness (QED) is 0.327. The minimum absolute atomic E-state index is 0.0754. The van der Waals surface area contributed by atoms with Gasteiger partial charge in [-0.05, 0) is 31.5 Å². The van der Waals surface area contributed by atoms with Crippen LogP contribution in [0.5, 0.6) is 0 Å². The summed E-state index contributed by atoms with van der Waals surface area (Å²) < 4.78 is 57.6. The molecule has 1 atom stereocenters. The third kappa shape index (κ3) is 4.86. The zero-order valence-corrected chi connectivity index (χ0v) is 17.5. The Morgan fingerprint density at radius 1 is 1.14 bits per heavy atom. The van der Waals surface area contributed by atoms with E-state index < -0.39 is 27.2 Å². The Kier molecular flexibility index (Phi) is 7.11. The molecule has 2 aromatic rings. The van der Waals surface area contributed by atoms with Gasteiger partial charge >= 0.3 is 0 Å². The maximum Gasteiger partial charge on any atom is 0.194 e. The Morgan fingerprint density at radius 3 is 2.29 bits per heavy atom. The van der Waals surface area contributed by atoms with Crippen LogP contribution in [-0.4, -0.2) is 34.8 Å². The normalized spacial score (nSPS) is 13.6. The van der Waals surface area contributed by atoms with Crippen LogP contribution in [0.3, 0.4) is 0 Å². The van der Waals surface area contributed by atoms with Gasteiger partial charge in [-0.2, -0.15) is 4.36 Å². The summed E-state index contributed by atoms with van der Waals surface area (Å²) in [5, 5.41) is 0.272. The molecule has 1 unspecified atom stereocenters. The Hall–Kier alpha value is -2.06. The van der Waals surface area contributed by atoms with Gasteiger partial charge in [-0.1, -0.05) is 18.5 Å². The monoisotopic (exact) mass is 431 g/mol. The maximum atomic E-state index is 13.5. The van der Waals surface area contributed by atoms with Crippen molar-refractivity contribution < 1.29 is 17.4 Å². The molecule has 0 heterocycles. The van der Waals surface area contributed by atoms with Crippen LogP contribution in [0, 0.1) is 24.4 Å². The van der Waals surface area contributed by atoms with Gasteiger partial charge in [0, 0.05) is 31.5 Å². The number of rotatable bonds is 6. The van der Waals surface area contributed by atoms with Gasteiger partial charge in [0.05, 0.1) is 37.4 Å². The summed E-state index contributed by atoms with van der Waals surface area (Å²) in [6.07, 6.45) is 1.63. The summed E-state index contributed by atoms with van der Waals surface area (Å²) in [5.74, 6) is -4.31. The van der Waals surface area contributed by atoms with Gasteiger partial charge in [0.15, 0.2) is 17.5 Å². The minimum Gasteiger partial charge on any atom is -0.366 e. The number of hydrogen-bond acceptors (Lipinski definition) is 3. The molecule has 2 rings (SSSR count). The van der Waals surface area contributed by atoms with Crippen molar-refractivity contribution in [3.8, 4) is 0 Å². The number of nitrogens with zero attached hydrogens (tertiary/aromatic N) is 3. The molecule has 2 aromatic carbocycles. The first kappa shape index (κ1) is 22.2. The highest BCUT2D eigenvalue weighted by molar-refractivity contribution is 7.93. The molecular formula is C19H21ClF3N3OS. The predicted molar refractivity (Wildman–Crippen MR) is 108 cm³/mol. The van der Waals surface area contributed by atoms with Crippen molar-refractivity contribution in [2.75, 3.05) is 19.3 Å². The van der Waals surface area contributed by atoms with Crippen molar-refractivity contribution in [2.24, 2.45) is 9.36 Å². The van der Waals surface area contributed by atoms with Gasteiger partial charge in [0.25, 0.3) is 0 Å². The van der Waals surface area contributed by atoms with E-state index in [2.05, 4.69) is 9.36 Å². The number of halogens is 4. The SMILES string of the molecule is CCN(C)C=Nc1cc(C)c(S(=O)(CC)=Nc2cc(F)c(F)c(F)c2)cc1Cl. The summed E-state index contributed by atoms with van der Waals surface area (Å²) in [7, 11) is -1.22. The van der Waals surface area contributed by atoms with E-state index in [1.54, 1.807) is 26.3 Å². The van der Waals surface area contributed by atoms with Crippen molar-refractivity contribution in [3.05, 3.63) is 52.3 Å². The molecule has 28 heavy (non-hydrogen) atoms. The van der Waals surface area contributed by atoms with Crippen LogP contribution in [0.2, 0.25) is 5.02 Å². The second-order valence-corrected chi connectivity index (χ2v) is 9.02. The molecule has 0 radical (unpaired) electrons. The van der Waals surface area contributed by atoms with Crippen molar-refractivity contribution in [3.63, 3.8) is 0 Å². The van der Waals surface area contributed by atoms with Gasteiger partial charge in [-0.25, -0.2) is 22.4 Å². The molecule has 0 saturated heterocycles. The standard InChI is InChI=1S/C19H21ClF3N3OS/c1-5-26(4)11-24-17-7-12(3)18(10-14(17)20)28(27,6-2)25-13-8-15(21)19(23)16(22)9-13/h7-11H,5-6H2,1-4H3. The van der Waals surface area contributed by atoms with Crippen LogP contribution in [0.15, 0.2) is 38.5 Å². The summed E-state index contributed by atoms with van der Waals surface area (Å²) in [6.45, 7) is 6.11. The summed E-state index contributed by atoms with van der Waals surface area (Å²) in [4.78, 5) is 6.51. The highest BCUT2D eigenvalue weighted by atomic mass is 35.5. The fourth-order valence-electron chi connectivity index (χ4n) is 2.37. The number of hydrogen-bond donors (Lipinski definition) is 0. The average Bonchev–Trinajstić information content (AvgIpc) is 2.65. The number of benzene rings is 2. The molecule has 0 aliphatic heterocycles. The van der Waals surface area contributed by atoms with E-state index >= 15 is 0 Å². The second-order valence-electron chi connectivity index (χ2n) is 6.13. The maximum absolute atomic E-state index is 13.5. The predicted octanol–water partition coefficient (Wildman–Crippen LogP) is 5.86. The summed E-state index contributed by atoms with van der Waals surface area (Å²) in [5.41, 5.74) is 0.875. The van der Waals surface area contributed by atoms with E-state index in [0.29, 0.717) is 28.3 Å². The first-order valence-corrected chi connectivity index (χ1v) is 10.6. The van der Waals surface area contributed by atoms with Gasteiger partial charge in [0.2, 0.25) is 0 Å². The topological polar surface area (TPSA) is 45.0 Å². The molecule has 4 nitrogen and oxygen atoms in total. The summed E-state index contributed by atoms with van der Waals surface area (Å²) >= 11 is 6.30. The van der Waals surface area contributed by atoms with E-state index in [-0.39, 0.29) is 16.5 Å². The zero-order chi connectivity index (χ0) is 21.1. The molecule has 0 aromatic heterocycles. The molecular weight excluding hydrogens is 411 g/mol. The van der Waals surface area contributed by atoms with Crippen LogP contribution in [-0.2, 0) is 9.73 Å². The Balaban J connectivity index is 2.58. The number of aryl methyl sites for hydroxylation is 1. The Labute approximate surface area is 168 Å². The molecule has 0 saturated carbocycles. The second kappa shape index (κ2) is 8.96. The fraction of sp³-hybridized carbons (Fsp3) is 0.316. The molecule has 0 spiro atoms. The third-order valence-electron chi connectivity index (χ3n) is 4.09. The lowest BCUT2D eigenvalue weighted by molar-refractivity contribution is 0.447. The van der Waals surface area contributed by atoms with Gasteiger partial charge in [0.1, 0.15) is 0 Å². The Bertz CT molecular complexity index is 1010. The zero-order valence-electron chi connectivity index (χ0n) is 16.0. The van der Waals surface area contributed by atoms with Crippen LogP contribution >= 0.6 is 11.6 Å². The van der Waals surface area contributed by atoms with Crippen LogP contribution in [0.25, 0.3) is 0 Å². The van der Waals surface area contributed by atoms with E-state index in [9.17, 15) is 17.4 Å². The van der Waals surface area contributed by atoms with E-state index in [0.717, 1.165) is 6.54 Å². The smallest absolute Gasteiger partial charge is 0.194 e. The van der Waals surface area contributed by atoms with Gasteiger partial charge in [-0.15, -0.1) is 0 Å². The molecule has 0 fully saturated rings. The molecule has 0 amide bonds. The van der Waals surface area contributed by atoms with Gasteiger partial charge < -0.3 is 4.90 Å². The number of aliphatic imine (C=N–C) groups is 1. The molecule has 9 heteroatoms. The van der Waals surface area contributed by atoms with Gasteiger partial charge in [-0.3, -0.25) is 0 Å². The third-order valence-corrected chi connectivity index (χ3v) is 6.81. The lowest BCUT2D eigenvalue weighted by atomic mass is 10.2. The first-order valence-electron chi connectivity index (χ1n) is 8.55. The highest BCUT2D eigenvalue weighted by Crippen LogP contribution is 2.33. The lowest BCUT2D eigenvalue weighted by Gasteiger charge is -2.14. The summed E-state index contributed by atoms with van der Waals surface area (Å²) in [6, 6.07) is 4.60. The molecule has 0 bridgehead atoms. The van der Waals surface area contributed by atoms with E-state index in [4.69, 9.17) is 11.6 Å².